The topological polar surface area (TPSA) is 54.5 Å². The Bertz CT molecular complexity index is 999. The third-order valence-corrected chi connectivity index (χ3v) is 4.76. The molecule has 1 aliphatic heterocycles. The standard InChI is InChI=1S/C22H21N3O2/c1-14-6-9-16(10-7-14)25-21(20-17(22(25)26)5-4-12-23-20)24-18-13-15(2)8-11-19(18)27-3/h4-13,21,24H,1-3H3/t21-/m0/s1. The predicted molar refractivity (Wildman–Crippen MR) is 106 cm³/mol. The average Bonchev–Trinajstić information content (AvgIpc) is 2.95. The minimum absolute atomic E-state index is 0.0638. The van der Waals surface area contributed by atoms with Gasteiger partial charge < -0.3 is 10.1 Å². The van der Waals surface area contributed by atoms with Gasteiger partial charge >= 0.3 is 0 Å². The molecule has 0 unspecified atom stereocenters. The van der Waals surface area contributed by atoms with Crippen molar-refractivity contribution in [3.05, 3.63) is 83.2 Å². The molecule has 0 aliphatic carbocycles. The summed E-state index contributed by atoms with van der Waals surface area (Å²) in [6.45, 7) is 4.05. The van der Waals surface area contributed by atoms with E-state index in [2.05, 4.69) is 10.3 Å². The number of hydrogen-bond acceptors (Lipinski definition) is 4. The predicted octanol–water partition coefficient (Wildman–Crippen LogP) is 4.48. The lowest BCUT2D eigenvalue weighted by atomic mass is 10.1. The summed E-state index contributed by atoms with van der Waals surface area (Å²) in [6.07, 6.45) is 1.31. The zero-order chi connectivity index (χ0) is 19.0. The van der Waals surface area contributed by atoms with Gasteiger partial charge in [-0.15, -0.1) is 0 Å². The number of carbonyl (C=O) groups excluding carboxylic acids is 1. The highest BCUT2D eigenvalue weighted by molar-refractivity contribution is 6.11. The number of nitrogens with zero attached hydrogens (tertiary/aromatic N) is 2. The Hall–Kier alpha value is -3.34. The summed E-state index contributed by atoms with van der Waals surface area (Å²) in [5, 5.41) is 3.47. The number of carbonyl (C=O) groups is 1. The molecule has 5 nitrogen and oxygen atoms in total. The van der Waals surface area contributed by atoms with Gasteiger partial charge in [0.1, 0.15) is 5.75 Å². The first-order chi connectivity index (χ1) is 13.1. The molecule has 1 atom stereocenters. The largest absolute Gasteiger partial charge is 0.495 e. The fourth-order valence-corrected chi connectivity index (χ4v) is 3.37. The fraction of sp³-hybridized carbons (Fsp3) is 0.182. The first-order valence-electron chi connectivity index (χ1n) is 8.85. The minimum atomic E-state index is -0.410. The number of aromatic nitrogens is 1. The van der Waals surface area contributed by atoms with Crippen LogP contribution in [0.3, 0.4) is 0 Å². The van der Waals surface area contributed by atoms with Gasteiger partial charge in [-0.3, -0.25) is 14.7 Å². The van der Waals surface area contributed by atoms with Gasteiger partial charge in [0, 0.05) is 11.9 Å². The molecule has 4 rings (SSSR count). The van der Waals surface area contributed by atoms with E-state index in [1.165, 1.54) is 0 Å². The number of ether oxygens (including phenoxy) is 1. The van der Waals surface area contributed by atoms with Crippen LogP contribution in [0.1, 0.15) is 33.3 Å². The highest BCUT2D eigenvalue weighted by Gasteiger charge is 2.39. The lowest BCUT2D eigenvalue weighted by Crippen LogP contribution is -2.32. The van der Waals surface area contributed by atoms with E-state index in [4.69, 9.17) is 4.74 Å². The van der Waals surface area contributed by atoms with Gasteiger partial charge in [0.05, 0.1) is 24.1 Å². The van der Waals surface area contributed by atoms with Crippen LogP contribution in [-0.2, 0) is 0 Å². The molecule has 1 aromatic heterocycles. The maximum atomic E-state index is 13.1. The number of hydrogen-bond donors (Lipinski definition) is 1. The van der Waals surface area contributed by atoms with Crippen LogP contribution >= 0.6 is 0 Å². The van der Waals surface area contributed by atoms with Gasteiger partial charge in [-0.25, -0.2) is 0 Å². The third-order valence-electron chi connectivity index (χ3n) is 4.76. The Balaban J connectivity index is 1.80. The second-order valence-corrected chi connectivity index (χ2v) is 6.70. The number of anilines is 2. The molecule has 1 amide bonds. The van der Waals surface area contributed by atoms with Crippen molar-refractivity contribution in [2.45, 2.75) is 20.0 Å². The summed E-state index contributed by atoms with van der Waals surface area (Å²) in [5.74, 6) is 0.660. The lowest BCUT2D eigenvalue weighted by Gasteiger charge is -2.27. The zero-order valence-electron chi connectivity index (χ0n) is 15.6. The van der Waals surface area contributed by atoms with Crippen LogP contribution in [0, 0.1) is 13.8 Å². The van der Waals surface area contributed by atoms with Gasteiger partial charge in [-0.2, -0.15) is 0 Å². The van der Waals surface area contributed by atoms with Crippen LogP contribution in [0.2, 0.25) is 0 Å². The lowest BCUT2D eigenvalue weighted by molar-refractivity contribution is 0.0993. The Kier molecular flexibility index (Phi) is 4.28. The summed E-state index contributed by atoms with van der Waals surface area (Å²) in [5.41, 5.74) is 5.23. The van der Waals surface area contributed by atoms with Crippen molar-refractivity contribution >= 4 is 17.3 Å². The number of methoxy groups -OCH3 is 1. The minimum Gasteiger partial charge on any atom is -0.495 e. The number of aryl methyl sites for hydroxylation is 2. The normalized spacial score (nSPS) is 15.6. The van der Waals surface area contributed by atoms with Crippen molar-refractivity contribution < 1.29 is 9.53 Å². The highest BCUT2D eigenvalue weighted by atomic mass is 16.5. The van der Waals surface area contributed by atoms with Crippen molar-refractivity contribution in [3.63, 3.8) is 0 Å². The number of nitrogens with one attached hydrogen (secondary N) is 1. The van der Waals surface area contributed by atoms with Gasteiger partial charge in [-0.1, -0.05) is 23.8 Å². The molecule has 136 valence electrons. The highest BCUT2D eigenvalue weighted by Crippen LogP contribution is 2.38. The molecule has 27 heavy (non-hydrogen) atoms. The van der Waals surface area contributed by atoms with E-state index in [0.29, 0.717) is 11.3 Å². The summed E-state index contributed by atoms with van der Waals surface area (Å²) in [4.78, 5) is 19.4. The van der Waals surface area contributed by atoms with Crippen LogP contribution in [-0.4, -0.2) is 18.0 Å². The number of rotatable bonds is 4. The molecule has 1 N–H and O–H groups in total. The van der Waals surface area contributed by atoms with Crippen molar-refractivity contribution in [1.82, 2.24) is 4.98 Å². The molecule has 1 aliphatic rings. The molecular weight excluding hydrogens is 338 g/mol. The van der Waals surface area contributed by atoms with Crippen LogP contribution in [0.15, 0.2) is 60.8 Å². The molecule has 2 heterocycles. The second-order valence-electron chi connectivity index (χ2n) is 6.70. The molecule has 0 saturated carbocycles. The number of amides is 1. The number of benzene rings is 2. The quantitative estimate of drug-likeness (QED) is 0.746. The smallest absolute Gasteiger partial charge is 0.262 e. The maximum absolute atomic E-state index is 13.1. The van der Waals surface area contributed by atoms with Gasteiger partial charge in [-0.05, 0) is 55.8 Å². The first kappa shape index (κ1) is 17.1. The van der Waals surface area contributed by atoms with Crippen molar-refractivity contribution in [3.8, 4) is 5.75 Å². The van der Waals surface area contributed by atoms with E-state index < -0.39 is 6.17 Å². The molecular formula is C22H21N3O2. The SMILES string of the molecule is COc1ccc(C)cc1N[C@@H]1c2ncccc2C(=O)N1c1ccc(C)cc1. The molecule has 0 radical (unpaired) electrons. The Labute approximate surface area is 158 Å². The van der Waals surface area contributed by atoms with Crippen molar-refractivity contribution in [2.24, 2.45) is 0 Å². The summed E-state index contributed by atoms with van der Waals surface area (Å²) in [7, 11) is 1.64. The fourth-order valence-electron chi connectivity index (χ4n) is 3.37. The molecule has 0 saturated heterocycles. The summed E-state index contributed by atoms with van der Waals surface area (Å²) >= 11 is 0. The summed E-state index contributed by atoms with van der Waals surface area (Å²) in [6, 6.07) is 17.5. The monoisotopic (exact) mass is 359 g/mol. The maximum Gasteiger partial charge on any atom is 0.262 e. The van der Waals surface area contributed by atoms with E-state index in [1.54, 1.807) is 24.3 Å². The van der Waals surface area contributed by atoms with Crippen LogP contribution in [0.4, 0.5) is 11.4 Å². The van der Waals surface area contributed by atoms with Crippen molar-refractivity contribution in [2.75, 3.05) is 17.3 Å². The Morgan fingerprint density at radius 2 is 1.78 bits per heavy atom. The number of pyridine rings is 1. The number of fused-ring (bicyclic) bond motifs is 1. The van der Waals surface area contributed by atoms with Gasteiger partial charge in [0.25, 0.3) is 5.91 Å². The molecule has 3 aromatic rings. The molecule has 0 bridgehead atoms. The average molecular weight is 359 g/mol. The van der Waals surface area contributed by atoms with Crippen LogP contribution in [0.5, 0.6) is 5.75 Å². The van der Waals surface area contributed by atoms with Gasteiger partial charge in [0.15, 0.2) is 6.17 Å². The van der Waals surface area contributed by atoms with E-state index >= 15 is 0 Å². The van der Waals surface area contributed by atoms with E-state index in [-0.39, 0.29) is 5.91 Å². The zero-order valence-corrected chi connectivity index (χ0v) is 15.6. The Morgan fingerprint density at radius 1 is 1.04 bits per heavy atom. The first-order valence-corrected chi connectivity index (χ1v) is 8.85. The molecule has 0 spiro atoms. The van der Waals surface area contributed by atoms with Crippen molar-refractivity contribution in [1.29, 1.82) is 0 Å². The molecule has 5 heteroatoms. The van der Waals surface area contributed by atoms with E-state index in [1.807, 2.05) is 62.4 Å². The van der Waals surface area contributed by atoms with Crippen LogP contribution < -0.4 is 15.0 Å². The van der Waals surface area contributed by atoms with Gasteiger partial charge in [0.2, 0.25) is 0 Å². The molecule has 2 aromatic carbocycles. The third kappa shape index (κ3) is 3.01. The summed E-state index contributed by atoms with van der Waals surface area (Å²) < 4.78 is 5.50. The molecule has 0 fully saturated rings. The van der Waals surface area contributed by atoms with Crippen LogP contribution in [0.25, 0.3) is 0 Å². The Morgan fingerprint density at radius 3 is 2.52 bits per heavy atom. The van der Waals surface area contributed by atoms with E-state index in [9.17, 15) is 4.79 Å². The second kappa shape index (κ2) is 6.76. The van der Waals surface area contributed by atoms with E-state index in [0.717, 1.165) is 28.3 Å².